The normalized spacial score (nSPS) is 20.7. The Balaban J connectivity index is 2.18. The van der Waals surface area contributed by atoms with Crippen molar-refractivity contribution in [2.45, 2.75) is 33.1 Å². The van der Waals surface area contributed by atoms with E-state index in [1.807, 2.05) is 0 Å². The summed E-state index contributed by atoms with van der Waals surface area (Å²) in [7, 11) is 0. The molecule has 15 heavy (non-hydrogen) atoms. The Morgan fingerprint density at radius 1 is 1.53 bits per heavy atom. The molecule has 0 saturated heterocycles. The van der Waals surface area contributed by atoms with Gasteiger partial charge in [-0.15, -0.1) is 0 Å². The lowest BCUT2D eigenvalue weighted by atomic mass is 9.84. The van der Waals surface area contributed by atoms with Gasteiger partial charge >= 0.3 is 0 Å². The third-order valence-electron chi connectivity index (χ3n) is 2.73. The first-order valence-corrected chi connectivity index (χ1v) is 6.16. The highest BCUT2D eigenvalue weighted by atomic mass is 32.1. The molecule has 1 aliphatic carbocycles. The molecule has 1 aromatic heterocycles. The van der Waals surface area contributed by atoms with Crippen molar-refractivity contribution in [1.82, 2.24) is 4.98 Å². The zero-order chi connectivity index (χ0) is 11.0. The molecule has 1 atom stereocenters. The minimum atomic E-state index is 0.233. The van der Waals surface area contributed by atoms with Crippen LogP contribution in [0, 0.1) is 11.8 Å². The first kappa shape index (κ1) is 10.6. The van der Waals surface area contributed by atoms with Crippen LogP contribution in [0.15, 0.2) is 0 Å². The minimum Gasteiger partial charge on any atom is -0.375 e. The predicted octanol–water partition coefficient (Wildman–Crippen LogP) is 2.52. The quantitative estimate of drug-likeness (QED) is 0.839. The van der Waals surface area contributed by atoms with Crippen molar-refractivity contribution in [1.29, 1.82) is 0 Å². The van der Waals surface area contributed by atoms with Gasteiger partial charge in [-0.3, -0.25) is 4.79 Å². The Bertz CT molecular complexity index is 384. The van der Waals surface area contributed by atoms with Gasteiger partial charge in [-0.25, -0.2) is 4.98 Å². The van der Waals surface area contributed by atoms with Crippen LogP contribution in [0.1, 0.15) is 42.1 Å². The number of carbonyl (C=O) groups excluding carboxylic acids is 1. The van der Waals surface area contributed by atoms with Gasteiger partial charge in [-0.05, 0) is 24.7 Å². The molecule has 1 aliphatic rings. The molecule has 0 amide bonds. The number of Topliss-reactive ketones (excluding diaryl/α,β-unsaturated/α-hetero) is 1. The van der Waals surface area contributed by atoms with Crippen LogP contribution in [-0.2, 0) is 6.42 Å². The monoisotopic (exact) mass is 224 g/mol. The molecule has 1 heterocycles. The Hall–Kier alpha value is -0.900. The van der Waals surface area contributed by atoms with Crippen molar-refractivity contribution < 1.29 is 4.79 Å². The van der Waals surface area contributed by atoms with Crippen LogP contribution >= 0.6 is 11.3 Å². The van der Waals surface area contributed by atoms with Crippen molar-refractivity contribution in [2.24, 2.45) is 11.8 Å². The summed E-state index contributed by atoms with van der Waals surface area (Å²) in [5, 5.41) is 0.526. The maximum atomic E-state index is 11.8. The Morgan fingerprint density at radius 2 is 2.27 bits per heavy atom. The molecule has 0 aromatic carbocycles. The van der Waals surface area contributed by atoms with Crippen LogP contribution in [0.2, 0.25) is 0 Å². The third-order valence-corrected chi connectivity index (χ3v) is 3.70. The van der Waals surface area contributed by atoms with Gasteiger partial charge in [-0.2, -0.15) is 0 Å². The zero-order valence-electron chi connectivity index (χ0n) is 9.12. The summed E-state index contributed by atoms with van der Waals surface area (Å²) in [6.45, 7) is 4.38. The topological polar surface area (TPSA) is 56.0 Å². The molecule has 4 heteroatoms. The number of ketones is 1. The summed E-state index contributed by atoms with van der Waals surface area (Å²) in [5.41, 5.74) is 6.55. The van der Waals surface area contributed by atoms with Crippen LogP contribution in [0.5, 0.6) is 0 Å². The van der Waals surface area contributed by atoms with Crippen LogP contribution in [0.3, 0.4) is 0 Å². The fourth-order valence-electron chi connectivity index (χ4n) is 2.26. The van der Waals surface area contributed by atoms with Crippen molar-refractivity contribution in [3.05, 3.63) is 10.6 Å². The SMILES string of the molecule is CC(C)CC1CC(=O)c2sc(N)nc2C1. The summed E-state index contributed by atoms with van der Waals surface area (Å²) in [5.74, 6) is 1.34. The molecule has 2 N–H and O–H groups in total. The number of nitrogens with two attached hydrogens (primary N) is 1. The fourth-order valence-corrected chi connectivity index (χ4v) is 3.07. The van der Waals surface area contributed by atoms with Gasteiger partial charge < -0.3 is 5.73 Å². The van der Waals surface area contributed by atoms with E-state index in [1.54, 1.807) is 0 Å². The van der Waals surface area contributed by atoms with E-state index >= 15 is 0 Å². The number of nitrogens with zero attached hydrogens (tertiary/aromatic N) is 1. The van der Waals surface area contributed by atoms with Crippen LogP contribution < -0.4 is 5.73 Å². The lowest BCUT2D eigenvalue weighted by molar-refractivity contribution is 0.0946. The number of hydrogen-bond donors (Lipinski definition) is 1. The number of anilines is 1. The van der Waals surface area contributed by atoms with E-state index in [2.05, 4.69) is 18.8 Å². The van der Waals surface area contributed by atoms with E-state index in [0.717, 1.165) is 23.4 Å². The second-order valence-corrected chi connectivity index (χ2v) is 5.69. The molecule has 0 bridgehead atoms. The number of hydrogen-bond acceptors (Lipinski definition) is 4. The third kappa shape index (κ3) is 2.20. The lowest BCUT2D eigenvalue weighted by Crippen LogP contribution is -2.20. The second kappa shape index (κ2) is 3.93. The summed E-state index contributed by atoms with van der Waals surface area (Å²) in [6.07, 6.45) is 2.70. The number of nitrogen functional groups attached to an aromatic ring is 1. The minimum absolute atomic E-state index is 0.233. The lowest BCUT2D eigenvalue weighted by Gasteiger charge is -2.21. The van der Waals surface area contributed by atoms with Crippen molar-refractivity contribution >= 4 is 22.3 Å². The van der Waals surface area contributed by atoms with Gasteiger partial charge in [0.1, 0.15) is 0 Å². The summed E-state index contributed by atoms with van der Waals surface area (Å²) in [6, 6.07) is 0. The summed E-state index contributed by atoms with van der Waals surface area (Å²) in [4.78, 5) is 16.8. The Labute approximate surface area is 93.7 Å². The van der Waals surface area contributed by atoms with Gasteiger partial charge in [0.2, 0.25) is 0 Å². The zero-order valence-corrected chi connectivity index (χ0v) is 9.93. The number of rotatable bonds is 2. The number of carbonyl (C=O) groups is 1. The second-order valence-electron chi connectivity index (χ2n) is 4.65. The number of fused-ring (bicyclic) bond motifs is 1. The van der Waals surface area contributed by atoms with Gasteiger partial charge in [0.05, 0.1) is 10.6 Å². The molecule has 2 rings (SSSR count). The highest BCUT2D eigenvalue weighted by molar-refractivity contribution is 7.17. The van der Waals surface area contributed by atoms with Crippen LogP contribution in [0.25, 0.3) is 0 Å². The number of aromatic nitrogens is 1. The van der Waals surface area contributed by atoms with E-state index < -0.39 is 0 Å². The van der Waals surface area contributed by atoms with Crippen molar-refractivity contribution in [3.8, 4) is 0 Å². The maximum Gasteiger partial charge on any atom is 0.180 e. The van der Waals surface area contributed by atoms with E-state index in [9.17, 15) is 4.79 Å². The van der Waals surface area contributed by atoms with Gasteiger partial charge in [0, 0.05) is 6.42 Å². The fraction of sp³-hybridized carbons (Fsp3) is 0.636. The van der Waals surface area contributed by atoms with Gasteiger partial charge in [-0.1, -0.05) is 25.2 Å². The van der Waals surface area contributed by atoms with E-state index in [4.69, 9.17) is 5.73 Å². The molecule has 0 aliphatic heterocycles. The van der Waals surface area contributed by atoms with Crippen molar-refractivity contribution in [2.75, 3.05) is 5.73 Å². The standard InChI is InChI=1S/C11H16N2OS/c1-6(2)3-7-4-8-10(9(14)5-7)15-11(12)13-8/h6-7H,3-5H2,1-2H3,(H2,12,13). The van der Waals surface area contributed by atoms with E-state index in [0.29, 0.717) is 23.4 Å². The molecule has 3 nitrogen and oxygen atoms in total. The predicted molar refractivity (Wildman–Crippen MR) is 62.1 cm³/mol. The number of thiazole rings is 1. The van der Waals surface area contributed by atoms with E-state index in [-0.39, 0.29) is 5.78 Å². The molecule has 0 saturated carbocycles. The molecule has 82 valence electrons. The molecule has 0 fully saturated rings. The average Bonchev–Trinajstić information content (AvgIpc) is 2.44. The highest BCUT2D eigenvalue weighted by Gasteiger charge is 2.28. The average molecular weight is 224 g/mol. The highest BCUT2D eigenvalue weighted by Crippen LogP contribution is 2.33. The molecule has 1 aromatic rings. The Morgan fingerprint density at radius 3 is 2.93 bits per heavy atom. The molecular weight excluding hydrogens is 208 g/mol. The summed E-state index contributed by atoms with van der Waals surface area (Å²) >= 11 is 1.34. The largest absolute Gasteiger partial charge is 0.375 e. The molecule has 0 spiro atoms. The summed E-state index contributed by atoms with van der Waals surface area (Å²) < 4.78 is 0. The van der Waals surface area contributed by atoms with Crippen molar-refractivity contribution in [3.63, 3.8) is 0 Å². The van der Waals surface area contributed by atoms with Crippen LogP contribution in [-0.4, -0.2) is 10.8 Å². The smallest absolute Gasteiger partial charge is 0.180 e. The van der Waals surface area contributed by atoms with Gasteiger partial charge in [0.15, 0.2) is 10.9 Å². The maximum absolute atomic E-state index is 11.8. The first-order chi connectivity index (χ1) is 7.06. The van der Waals surface area contributed by atoms with Crippen LogP contribution in [0.4, 0.5) is 5.13 Å². The van der Waals surface area contributed by atoms with Gasteiger partial charge in [0.25, 0.3) is 0 Å². The van der Waals surface area contributed by atoms with E-state index in [1.165, 1.54) is 11.3 Å². The Kier molecular flexibility index (Phi) is 2.78. The molecule has 0 radical (unpaired) electrons. The first-order valence-electron chi connectivity index (χ1n) is 5.34. The molecular formula is C11H16N2OS. The molecule has 1 unspecified atom stereocenters.